The fourth-order valence-electron chi connectivity index (χ4n) is 0.605. The Morgan fingerprint density at radius 1 is 1.54 bits per heavy atom. The van der Waals surface area contributed by atoms with Crippen molar-refractivity contribution < 1.29 is 14.3 Å². The van der Waals surface area contributed by atoms with Crippen molar-refractivity contribution >= 4 is 17.7 Å². The first kappa shape index (κ1) is 9.91. The highest BCUT2D eigenvalue weighted by Gasteiger charge is 2.00. The maximum absolute atomic E-state index is 12.3. The highest BCUT2D eigenvalue weighted by Crippen LogP contribution is 2.12. The van der Waals surface area contributed by atoms with E-state index in [2.05, 4.69) is 9.97 Å². The quantitative estimate of drug-likeness (QED) is 0.586. The van der Waals surface area contributed by atoms with Crippen LogP contribution in [0.25, 0.3) is 0 Å². The molecule has 4 nitrogen and oxygen atoms in total. The van der Waals surface area contributed by atoms with Crippen LogP contribution in [0.4, 0.5) is 4.39 Å². The molecule has 1 heterocycles. The largest absolute Gasteiger partial charge is 0.481 e. The van der Waals surface area contributed by atoms with Crippen molar-refractivity contribution in [3.05, 3.63) is 18.2 Å². The van der Waals surface area contributed by atoms with Gasteiger partial charge in [0.1, 0.15) is 0 Å². The Kier molecular flexibility index (Phi) is 3.63. The third kappa shape index (κ3) is 3.84. The summed E-state index contributed by atoms with van der Waals surface area (Å²) in [7, 11) is 0. The third-order valence-corrected chi connectivity index (χ3v) is 2.02. The van der Waals surface area contributed by atoms with Gasteiger partial charge in [-0.05, 0) is 0 Å². The van der Waals surface area contributed by atoms with Crippen LogP contribution in [0.1, 0.15) is 6.42 Å². The first-order valence-corrected chi connectivity index (χ1v) is 4.49. The number of halogens is 1. The Balaban J connectivity index is 2.37. The number of hydrogen-bond acceptors (Lipinski definition) is 4. The van der Waals surface area contributed by atoms with E-state index in [1.165, 1.54) is 11.8 Å². The summed E-state index contributed by atoms with van der Waals surface area (Å²) in [6, 6.07) is 0. The molecule has 1 N–H and O–H groups in total. The second-order valence-corrected chi connectivity index (χ2v) is 3.24. The molecule has 0 spiro atoms. The molecular weight excluding hydrogens is 195 g/mol. The lowest BCUT2D eigenvalue weighted by Crippen LogP contribution is -1.97. The van der Waals surface area contributed by atoms with Crippen molar-refractivity contribution in [3.8, 4) is 0 Å². The molecule has 0 bridgehead atoms. The van der Waals surface area contributed by atoms with E-state index in [0.717, 1.165) is 12.4 Å². The number of aromatic nitrogens is 2. The SMILES string of the molecule is O=C(O)CCSc1ncc(F)cn1. The van der Waals surface area contributed by atoms with E-state index in [0.29, 0.717) is 10.9 Å². The third-order valence-electron chi connectivity index (χ3n) is 1.14. The number of carboxylic acid groups (broad SMARTS) is 1. The molecule has 0 aliphatic heterocycles. The van der Waals surface area contributed by atoms with Crippen LogP contribution in [0.15, 0.2) is 17.6 Å². The second kappa shape index (κ2) is 4.76. The molecule has 0 atom stereocenters. The summed E-state index contributed by atoms with van der Waals surface area (Å²) in [5.74, 6) is -0.974. The Bertz CT molecular complexity index is 291. The van der Waals surface area contributed by atoms with Crippen LogP contribution in [0.2, 0.25) is 0 Å². The fraction of sp³-hybridized carbons (Fsp3) is 0.286. The minimum absolute atomic E-state index is 0.0470. The minimum Gasteiger partial charge on any atom is -0.481 e. The smallest absolute Gasteiger partial charge is 0.304 e. The summed E-state index contributed by atoms with van der Waals surface area (Å²) < 4.78 is 12.3. The second-order valence-electron chi connectivity index (χ2n) is 2.18. The van der Waals surface area contributed by atoms with E-state index in [9.17, 15) is 9.18 Å². The van der Waals surface area contributed by atoms with Crippen LogP contribution in [0.3, 0.4) is 0 Å². The molecule has 13 heavy (non-hydrogen) atoms. The van der Waals surface area contributed by atoms with E-state index < -0.39 is 11.8 Å². The molecule has 0 aliphatic rings. The van der Waals surface area contributed by atoms with E-state index in [4.69, 9.17) is 5.11 Å². The highest BCUT2D eigenvalue weighted by molar-refractivity contribution is 7.99. The lowest BCUT2D eigenvalue weighted by Gasteiger charge is -1.96. The molecule has 6 heteroatoms. The monoisotopic (exact) mass is 202 g/mol. The number of rotatable bonds is 4. The van der Waals surface area contributed by atoms with Gasteiger partial charge in [0.15, 0.2) is 11.0 Å². The summed E-state index contributed by atoms with van der Waals surface area (Å²) in [6.45, 7) is 0. The molecule has 0 amide bonds. The average Bonchev–Trinajstić information content (AvgIpc) is 2.08. The molecule has 0 aromatic carbocycles. The first-order valence-electron chi connectivity index (χ1n) is 3.50. The molecule has 1 aromatic rings. The van der Waals surface area contributed by atoms with Crippen molar-refractivity contribution in [1.82, 2.24) is 9.97 Å². The number of nitrogens with zero attached hydrogens (tertiary/aromatic N) is 2. The van der Waals surface area contributed by atoms with Gasteiger partial charge in [0.05, 0.1) is 18.8 Å². The Morgan fingerprint density at radius 3 is 2.69 bits per heavy atom. The fourth-order valence-corrected chi connectivity index (χ4v) is 1.32. The first-order chi connectivity index (χ1) is 6.18. The van der Waals surface area contributed by atoms with Crippen molar-refractivity contribution in [3.63, 3.8) is 0 Å². The van der Waals surface area contributed by atoms with Crippen LogP contribution >= 0.6 is 11.8 Å². The van der Waals surface area contributed by atoms with Crippen molar-refractivity contribution in [2.24, 2.45) is 0 Å². The zero-order valence-electron chi connectivity index (χ0n) is 6.61. The Hall–Kier alpha value is -1.17. The van der Waals surface area contributed by atoms with Gasteiger partial charge >= 0.3 is 5.97 Å². The number of carboxylic acids is 1. The molecule has 70 valence electrons. The van der Waals surface area contributed by atoms with Gasteiger partial charge < -0.3 is 5.11 Å². The van der Waals surface area contributed by atoms with E-state index in [1.54, 1.807) is 0 Å². The molecule has 0 saturated carbocycles. The van der Waals surface area contributed by atoms with E-state index in [1.807, 2.05) is 0 Å². The molecule has 1 aromatic heterocycles. The Labute approximate surface area is 78.2 Å². The topological polar surface area (TPSA) is 63.1 Å². The summed E-state index contributed by atoms with van der Waals surface area (Å²) >= 11 is 1.19. The predicted octanol–water partition coefficient (Wildman–Crippen LogP) is 1.18. The maximum atomic E-state index is 12.3. The van der Waals surface area contributed by atoms with Gasteiger partial charge in [-0.25, -0.2) is 14.4 Å². The zero-order valence-corrected chi connectivity index (χ0v) is 7.42. The molecule has 0 saturated heterocycles. The zero-order chi connectivity index (χ0) is 9.68. The van der Waals surface area contributed by atoms with E-state index in [-0.39, 0.29) is 6.42 Å². The molecular formula is C7H7FN2O2S. The van der Waals surface area contributed by atoms with Gasteiger partial charge in [-0.2, -0.15) is 0 Å². The van der Waals surface area contributed by atoms with Crippen molar-refractivity contribution in [2.45, 2.75) is 11.6 Å². The number of aliphatic carboxylic acids is 1. The minimum atomic E-state index is -0.866. The summed E-state index contributed by atoms with van der Waals surface area (Å²) in [4.78, 5) is 17.4. The van der Waals surface area contributed by atoms with Gasteiger partial charge in [-0.3, -0.25) is 4.79 Å². The maximum Gasteiger partial charge on any atom is 0.304 e. The summed E-state index contributed by atoms with van der Waals surface area (Å²) in [6.07, 6.45) is 2.15. The number of hydrogen-bond donors (Lipinski definition) is 1. The standard InChI is InChI=1S/C7H7FN2O2S/c8-5-3-9-7(10-4-5)13-2-1-6(11)12/h3-4H,1-2H2,(H,11,12). The van der Waals surface area contributed by atoms with Gasteiger partial charge in [0.25, 0.3) is 0 Å². The predicted molar refractivity (Wildman–Crippen MR) is 45.0 cm³/mol. The lowest BCUT2D eigenvalue weighted by molar-refractivity contribution is -0.136. The van der Waals surface area contributed by atoms with Gasteiger partial charge in [-0.1, -0.05) is 11.8 Å². The lowest BCUT2D eigenvalue weighted by atomic mass is 10.5. The van der Waals surface area contributed by atoms with Crippen molar-refractivity contribution in [2.75, 3.05) is 5.75 Å². The molecule has 1 rings (SSSR count). The van der Waals surface area contributed by atoms with Gasteiger partial charge in [0.2, 0.25) is 0 Å². The van der Waals surface area contributed by atoms with Crippen LogP contribution < -0.4 is 0 Å². The van der Waals surface area contributed by atoms with E-state index >= 15 is 0 Å². The highest BCUT2D eigenvalue weighted by atomic mass is 32.2. The molecule has 0 fully saturated rings. The van der Waals surface area contributed by atoms with Crippen LogP contribution in [-0.4, -0.2) is 26.8 Å². The van der Waals surface area contributed by atoms with Crippen LogP contribution in [0.5, 0.6) is 0 Å². The average molecular weight is 202 g/mol. The molecule has 0 unspecified atom stereocenters. The number of thioether (sulfide) groups is 1. The van der Waals surface area contributed by atoms with Crippen LogP contribution in [0, 0.1) is 5.82 Å². The number of carbonyl (C=O) groups is 1. The Morgan fingerprint density at radius 2 is 2.15 bits per heavy atom. The van der Waals surface area contributed by atoms with Crippen LogP contribution in [-0.2, 0) is 4.79 Å². The summed E-state index contributed by atoms with van der Waals surface area (Å²) in [5.41, 5.74) is 0. The molecule has 0 aliphatic carbocycles. The summed E-state index contributed by atoms with van der Waals surface area (Å²) in [5, 5.41) is 8.71. The molecule has 0 radical (unpaired) electrons. The van der Waals surface area contributed by atoms with Crippen molar-refractivity contribution in [1.29, 1.82) is 0 Å². The van der Waals surface area contributed by atoms with Gasteiger partial charge in [0, 0.05) is 5.75 Å². The van der Waals surface area contributed by atoms with Gasteiger partial charge in [-0.15, -0.1) is 0 Å². The normalized spacial score (nSPS) is 9.92.